The lowest BCUT2D eigenvalue weighted by atomic mass is 10.0. The van der Waals surface area contributed by atoms with Crippen LogP contribution < -0.4 is 5.73 Å². The molecule has 2 atom stereocenters. The van der Waals surface area contributed by atoms with Gasteiger partial charge in [-0.2, -0.15) is 0 Å². The van der Waals surface area contributed by atoms with Crippen molar-refractivity contribution in [2.75, 3.05) is 33.0 Å². The largest absolute Gasteiger partial charge is 0.472 e. The number of nitrogens with two attached hydrogens (primary N) is 1. The van der Waals surface area contributed by atoms with Crippen LogP contribution in [-0.2, 0) is 27.9 Å². The zero-order chi connectivity index (χ0) is 42.3. The molecule has 0 radical (unpaired) electrons. The van der Waals surface area contributed by atoms with Crippen molar-refractivity contribution in [3.8, 4) is 0 Å². The Kier molecular flexibility index (Phi) is 46.2. The van der Waals surface area contributed by atoms with Crippen LogP contribution in [0.2, 0.25) is 0 Å². The van der Waals surface area contributed by atoms with E-state index in [1.54, 1.807) is 0 Å². The SMILES string of the molecule is CCCCCCCC/C=C\CCCCCCCCOCC(COP(=O)(O)OCCN)OC(=O)CCCCCCCCCCCCC/C=C\CCCCCCCCCC. The van der Waals surface area contributed by atoms with E-state index in [1.165, 1.54) is 193 Å². The van der Waals surface area contributed by atoms with Crippen molar-refractivity contribution < 1.29 is 32.8 Å². The predicted octanol–water partition coefficient (Wildman–Crippen LogP) is 15.2. The minimum absolute atomic E-state index is 0.0950. The van der Waals surface area contributed by atoms with Crippen molar-refractivity contribution >= 4 is 13.8 Å². The first-order chi connectivity index (χ1) is 28.4. The average Bonchev–Trinajstić information content (AvgIpc) is 3.21. The molecule has 9 heteroatoms. The minimum atomic E-state index is -4.28. The average molecular weight is 842 g/mol. The van der Waals surface area contributed by atoms with Gasteiger partial charge in [-0.1, -0.05) is 199 Å². The van der Waals surface area contributed by atoms with Crippen molar-refractivity contribution in [1.82, 2.24) is 0 Å². The molecule has 0 saturated carbocycles. The van der Waals surface area contributed by atoms with Crippen LogP contribution in [0.1, 0.15) is 245 Å². The fourth-order valence-corrected chi connectivity index (χ4v) is 7.93. The molecule has 0 aliphatic heterocycles. The molecule has 0 aliphatic rings. The summed E-state index contributed by atoms with van der Waals surface area (Å²) in [5, 5.41) is 0. The van der Waals surface area contributed by atoms with Crippen molar-refractivity contribution in [2.24, 2.45) is 5.73 Å². The molecule has 0 heterocycles. The molecule has 58 heavy (non-hydrogen) atoms. The number of esters is 1. The standard InChI is InChI=1S/C49H96NO7P/c1-3-5-7-9-11-13-15-17-19-21-22-23-24-25-26-27-28-30-32-34-36-38-40-42-49(51)57-48(47-56-58(52,53)55-45-43-50)46-54-44-41-39-37-35-33-31-29-20-18-16-14-12-10-8-6-4-2/h18,20-22,48H,3-17,19,23-47,50H2,1-2H3,(H,52,53)/b20-18-,22-21-. The number of carbonyl (C=O) groups excluding carboxylic acids is 1. The number of rotatable bonds is 48. The van der Waals surface area contributed by atoms with Crippen molar-refractivity contribution in [3.63, 3.8) is 0 Å². The van der Waals surface area contributed by atoms with Crippen LogP contribution in [0, 0.1) is 0 Å². The molecule has 0 aromatic carbocycles. The molecule has 0 fully saturated rings. The van der Waals surface area contributed by atoms with Crippen LogP contribution in [0.4, 0.5) is 0 Å². The van der Waals surface area contributed by atoms with Gasteiger partial charge in [0.05, 0.1) is 19.8 Å². The molecular formula is C49H96NO7P. The Hall–Kier alpha value is -1.02. The molecule has 3 N–H and O–H groups in total. The third-order valence-corrected chi connectivity index (χ3v) is 11.8. The third-order valence-electron chi connectivity index (χ3n) is 10.8. The highest BCUT2D eigenvalue weighted by Gasteiger charge is 2.25. The summed E-state index contributed by atoms with van der Waals surface area (Å²) >= 11 is 0. The van der Waals surface area contributed by atoms with Gasteiger partial charge in [0, 0.05) is 19.6 Å². The Morgan fingerprint density at radius 2 is 0.862 bits per heavy atom. The van der Waals surface area contributed by atoms with Crippen LogP contribution in [0.3, 0.4) is 0 Å². The Labute approximate surface area is 359 Å². The van der Waals surface area contributed by atoms with E-state index in [0.717, 1.165) is 32.1 Å². The lowest BCUT2D eigenvalue weighted by Gasteiger charge is -2.20. The summed E-state index contributed by atoms with van der Waals surface area (Å²) in [6.07, 6.45) is 53.5. The number of ether oxygens (including phenoxy) is 2. The summed E-state index contributed by atoms with van der Waals surface area (Å²) in [5.74, 6) is -0.330. The number of allylic oxidation sites excluding steroid dienone is 4. The van der Waals surface area contributed by atoms with Crippen LogP contribution in [0.5, 0.6) is 0 Å². The maximum Gasteiger partial charge on any atom is 0.472 e. The van der Waals surface area contributed by atoms with Gasteiger partial charge in [-0.05, 0) is 64.2 Å². The van der Waals surface area contributed by atoms with Crippen molar-refractivity contribution in [3.05, 3.63) is 24.3 Å². The van der Waals surface area contributed by atoms with E-state index in [1.807, 2.05) is 0 Å². The molecule has 8 nitrogen and oxygen atoms in total. The van der Waals surface area contributed by atoms with Gasteiger partial charge in [-0.15, -0.1) is 0 Å². The van der Waals surface area contributed by atoms with Gasteiger partial charge in [-0.3, -0.25) is 13.8 Å². The van der Waals surface area contributed by atoms with Crippen LogP contribution in [-0.4, -0.2) is 49.9 Å². The van der Waals surface area contributed by atoms with Crippen LogP contribution >= 0.6 is 7.82 Å². The molecule has 0 aliphatic carbocycles. The monoisotopic (exact) mass is 842 g/mol. The highest BCUT2D eigenvalue weighted by atomic mass is 31.2. The summed E-state index contributed by atoms with van der Waals surface area (Å²) in [4.78, 5) is 22.6. The number of hydrogen-bond acceptors (Lipinski definition) is 7. The second kappa shape index (κ2) is 47.0. The lowest BCUT2D eigenvalue weighted by Crippen LogP contribution is -2.28. The van der Waals surface area contributed by atoms with E-state index in [9.17, 15) is 14.3 Å². The van der Waals surface area contributed by atoms with Crippen molar-refractivity contribution in [2.45, 2.75) is 251 Å². The summed E-state index contributed by atoms with van der Waals surface area (Å²) in [6, 6.07) is 0. The number of hydrogen-bond donors (Lipinski definition) is 2. The number of carbonyl (C=O) groups is 1. The Balaban J connectivity index is 3.93. The van der Waals surface area contributed by atoms with Gasteiger partial charge >= 0.3 is 13.8 Å². The number of phosphoric ester groups is 1. The van der Waals surface area contributed by atoms with Crippen molar-refractivity contribution in [1.29, 1.82) is 0 Å². The molecule has 344 valence electrons. The minimum Gasteiger partial charge on any atom is -0.457 e. The van der Waals surface area contributed by atoms with Gasteiger partial charge < -0.3 is 20.1 Å². The molecule has 0 aromatic rings. The number of phosphoric acid groups is 1. The lowest BCUT2D eigenvalue weighted by molar-refractivity contribution is -0.154. The van der Waals surface area contributed by atoms with E-state index in [4.69, 9.17) is 24.3 Å². The molecule has 0 bridgehead atoms. The summed E-state index contributed by atoms with van der Waals surface area (Å²) in [5.41, 5.74) is 5.38. The second-order valence-electron chi connectivity index (χ2n) is 16.7. The second-order valence-corrected chi connectivity index (χ2v) is 18.1. The maximum absolute atomic E-state index is 12.6. The first-order valence-corrected chi connectivity index (χ1v) is 26.3. The van der Waals surface area contributed by atoms with Gasteiger partial charge in [0.25, 0.3) is 0 Å². The quantitative estimate of drug-likeness (QED) is 0.0269. The van der Waals surface area contributed by atoms with E-state index in [2.05, 4.69) is 38.2 Å². The molecule has 0 saturated heterocycles. The van der Waals surface area contributed by atoms with Crippen LogP contribution in [0.25, 0.3) is 0 Å². The molecule has 0 spiro atoms. The van der Waals surface area contributed by atoms with E-state index >= 15 is 0 Å². The topological polar surface area (TPSA) is 117 Å². The fraction of sp³-hybridized carbons (Fsp3) is 0.898. The van der Waals surface area contributed by atoms with Gasteiger partial charge in [0.15, 0.2) is 0 Å². The Morgan fingerprint density at radius 1 is 0.500 bits per heavy atom. The van der Waals surface area contributed by atoms with E-state index < -0.39 is 13.9 Å². The highest BCUT2D eigenvalue weighted by Crippen LogP contribution is 2.43. The van der Waals surface area contributed by atoms with E-state index in [0.29, 0.717) is 13.0 Å². The molecule has 0 aromatic heterocycles. The Morgan fingerprint density at radius 3 is 1.26 bits per heavy atom. The van der Waals surface area contributed by atoms with Gasteiger partial charge in [0.1, 0.15) is 6.10 Å². The predicted molar refractivity (Wildman–Crippen MR) is 247 cm³/mol. The number of unbranched alkanes of at least 4 members (excludes halogenated alkanes) is 31. The van der Waals surface area contributed by atoms with Gasteiger partial charge in [0.2, 0.25) is 0 Å². The zero-order valence-electron chi connectivity index (χ0n) is 38.3. The zero-order valence-corrected chi connectivity index (χ0v) is 39.2. The van der Waals surface area contributed by atoms with Gasteiger partial charge in [-0.25, -0.2) is 4.57 Å². The smallest absolute Gasteiger partial charge is 0.457 e. The molecule has 0 amide bonds. The maximum atomic E-state index is 12.6. The normalized spacial score (nSPS) is 13.5. The third kappa shape index (κ3) is 46.1. The summed E-state index contributed by atoms with van der Waals surface area (Å²) in [6.45, 7) is 4.94. The molecule has 0 rings (SSSR count). The first kappa shape index (κ1) is 57.0. The van der Waals surface area contributed by atoms with Crippen LogP contribution in [0.15, 0.2) is 24.3 Å². The molecular weight excluding hydrogens is 746 g/mol. The molecule has 2 unspecified atom stereocenters. The summed E-state index contributed by atoms with van der Waals surface area (Å²) in [7, 11) is -4.28. The Bertz CT molecular complexity index is 946. The first-order valence-electron chi connectivity index (χ1n) is 24.8. The fourth-order valence-electron chi connectivity index (χ4n) is 7.16. The summed E-state index contributed by atoms with van der Waals surface area (Å²) < 4.78 is 33.5. The van der Waals surface area contributed by atoms with E-state index in [-0.39, 0.29) is 32.3 Å². The highest BCUT2D eigenvalue weighted by molar-refractivity contribution is 7.47.